The smallest absolute Gasteiger partial charge is 0.212 e. The first-order chi connectivity index (χ1) is 9.12. The largest absolute Gasteiger partial charge is 0.235 e. The summed E-state index contributed by atoms with van der Waals surface area (Å²) < 4.78 is 26.3. The van der Waals surface area contributed by atoms with Crippen LogP contribution in [0.1, 0.15) is 44.9 Å². The van der Waals surface area contributed by atoms with Gasteiger partial charge in [0.25, 0.3) is 0 Å². The number of aliphatic imine (C=N–C) groups is 1. The van der Waals surface area contributed by atoms with Crippen LogP contribution in [-0.4, -0.2) is 43.7 Å². The number of carbonyl (C=O) groups excluding carboxylic acids is 1. The highest BCUT2D eigenvalue weighted by Crippen LogP contribution is 2.26. The minimum Gasteiger partial charge on any atom is -0.212 e. The van der Waals surface area contributed by atoms with Crippen LogP contribution >= 0.6 is 0 Å². The second-order valence-electron chi connectivity index (χ2n) is 5.63. The summed E-state index contributed by atoms with van der Waals surface area (Å²) in [6.07, 6.45) is 8.50. The lowest BCUT2D eigenvalue weighted by Crippen LogP contribution is -2.42. The molecule has 0 spiro atoms. The zero-order valence-corrected chi connectivity index (χ0v) is 12.1. The summed E-state index contributed by atoms with van der Waals surface area (Å²) in [7, 11) is -3.13. The quantitative estimate of drug-likeness (QED) is 0.583. The van der Waals surface area contributed by atoms with Gasteiger partial charge >= 0.3 is 0 Å². The second-order valence-corrected chi connectivity index (χ2v) is 7.65. The predicted octanol–water partition coefficient (Wildman–Crippen LogP) is 1.70. The molecular formula is C13H22N2O3S. The van der Waals surface area contributed by atoms with Gasteiger partial charge in [-0.05, 0) is 31.6 Å². The molecule has 0 bridgehead atoms. The number of isocyanates is 1. The molecule has 19 heavy (non-hydrogen) atoms. The molecule has 0 aromatic heterocycles. The summed E-state index contributed by atoms with van der Waals surface area (Å²) in [5.74, 6) is 0.638. The fraction of sp³-hybridized carbons (Fsp3) is 0.923. The van der Waals surface area contributed by atoms with E-state index in [-0.39, 0.29) is 6.04 Å². The molecule has 1 heterocycles. The molecule has 0 atom stereocenters. The van der Waals surface area contributed by atoms with Crippen LogP contribution in [-0.2, 0) is 14.8 Å². The van der Waals surface area contributed by atoms with E-state index in [2.05, 4.69) is 4.99 Å². The molecule has 2 aliphatic rings. The monoisotopic (exact) mass is 286 g/mol. The third kappa shape index (κ3) is 4.13. The van der Waals surface area contributed by atoms with Crippen LogP contribution in [0.3, 0.4) is 0 Å². The maximum absolute atomic E-state index is 12.3. The van der Waals surface area contributed by atoms with Crippen molar-refractivity contribution in [1.29, 1.82) is 0 Å². The van der Waals surface area contributed by atoms with Crippen LogP contribution in [0.4, 0.5) is 0 Å². The Labute approximate surface area is 115 Å². The molecule has 0 aromatic rings. The Balaban J connectivity index is 1.88. The van der Waals surface area contributed by atoms with Crippen molar-refractivity contribution in [1.82, 2.24) is 4.31 Å². The standard InChI is InChI=1S/C13H22N2O3S/c16-11-14-13-6-8-15(9-7-13)19(17,18)10-12-4-2-1-3-5-12/h12-13H,1-10H2. The van der Waals surface area contributed by atoms with Crippen LogP contribution in [0.5, 0.6) is 0 Å². The van der Waals surface area contributed by atoms with Crippen molar-refractivity contribution < 1.29 is 13.2 Å². The number of hydrogen-bond donors (Lipinski definition) is 0. The molecule has 2 rings (SSSR count). The van der Waals surface area contributed by atoms with Gasteiger partial charge in [-0.1, -0.05) is 19.3 Å². The van der Waals surface area contributed by atoms with Gasteiger partial charge in [-0.2, -0.15) is 0 Å². The highest BCUT2D eigenvalue weighted by molar-refractivity contribution is 7.89. The molecule has 0 N–H and O–H groups in total. The molecule has 1 saturated carbocycles. The average Bonchev–Trinajstić information content (AvgIpc) is 2.40. The molecule has 1 aliphatic heterocycles. The third-order valence-electron chi connectivity index (χ3n) is 4.22. The van der Waals surface area contributed by atoms with E-state index in [1.807, 2.05) is 0 Å². The van der Waals surface area contributed by atoms with Crippen molar-refractivity contribution in [2.75, 3.05) is 18.8 Å². The van der Waals surface area contributed by atoms with Crippen LogP contribution in [0.15, 0.2) is 4.99 Å². The van der Waals surface area contributed by atoms with Gasteiger partial charge in [-0.15, -0.1) is 0 Å². The van der Waals surface area contributed by atoms with Gasteiger partial charge in [0.2, 0.25) is 16.1 Å². The first kappa shape index (κ1) is 14.7. The van der Waals surface area contributed by atoms with Crippen molar-refractivity contribution in [3.05, 3.63) is 0 Å². The highest BCUT2D eigenvalue weighted by Gasteiger charge is 2.30. The molecule has 0 amide bonds. The zero-order chi connectivity index (χ0) is 13.7. The van der Waals surface area contributed by atoms with Crippen LogP contribution in [0.2, 0.25) is 0 Å². The van der Waals surface area contributed by atoms with Crippen molar-refractivity contribution in [2.24, 2.45) is 10.9 Å². The molecule has 1 aliphatic carbocycles. The topological polar surface area (TPSA) is 66.8 Å². The van der Waals surface area contributed by atoms with Gasteiger partial charge in [0, 0.05) is 13.1 Å². The van der Waals surface area contributed by atoms with E-state index in [1.54, 1.807) is 10.4 Å². The first-order valence-electron chi connectivity index (χ1n) is 7.16. The second kappa shape index (κ2) is 6.64. The van der Waals surface area contributed by atoms with Gasteiger partial charge in [-0.3, -0.25) is 0 Å². The Hall–Kier alpha value is -0.710. The summed E-state index contributed by atoms with van der Waals surface area (Å²) >= 11 is 0. The van der Waals surface area contributed by atoms with E-state index in [4.69, 9.17) is 0 Å². The molecule has 108 valence electrons. The number of piperidine rings is 1. The molecule has 5 nitrogen and oxygen atoms in total. The Bertz CT molecular complexity index is 429. The predicted molar refractivity (Wildman–Crippen MR) is 73.1 cm³/mol. The van der Waals surface area contributed by atoms with Gasteiger partial charge in [0.15, 0.2) is 0 Å². The summed E-state index contributed by atoms with van der Waals surface area (Å²) in [5, 5.41) is 0. The lowest BCUT2D eigenvalue weighted by atomic mass is 9.91. The number of sulfonamides is 1. The Morgan fingerprint density at radius 1 is 1.05 bits per heavy atom. The van der Waals surface area contributed by atoms with Gasteiger partial charge in [-0.25, -0.2) is 22.5 Å². The highest BCUT2D eigenvalue weighted by atomic mass is 32.2. The zero-order valence-electron chi connectivity index (χ0n) is 11.3. The molecular weight excluding hydrogens is 264 g/mol. The summed E-state index contributed by atoms with van der Waals surface area (Å²) in [4.78, 5) is 13.9. The normalized spacial score (nSPS) is 24.0. The van der Waals surface area contributed by atoms with E-state index in [9.17, 15) is 13.2 Å². The fourth-order valence-corrected chi connectivity index (χ4v) is 4.99. The fourth-order valence-electron chi connectivity index (χ4n) is 3.08. The summed E-state index contributed by atoms with van der Waals surface area (Å²) in [5.41, 5.74) is 0. The van der Waals surface area contributed by atoms with Gasteiger partial charge in [0.1, 0.15) is 0 Å². The van der Waals surface area contributed by atoms with Crippen LogP contribution in [0, 0.1) is 5.92 Å². The average molecular weight is 286 g/mol. The maximum Gasteiger partial charge on any atom is 0.235 e. The summed E-state index contributed by atoms with van der Waals surface area (Å²) in [6.45, 7) is 0.982. The van der Waals surface area contributed by atoms with Crippen molar-refractivity contribution >= 4 is 16.1 Å². The maximum atomic E-state index is 12.3. The van der Waals surface area contributed by atoms with E-state index in [1.165, 1.54) is 6.42 Å². The van der Waals surface area contributed by atoms with Crippen molar-refractivity contribution in [2.45, 2.75) is 51.0 Å². The Morgan fingerprint density at radius 2 is 1.68 bits per heavy atom. The van der Waals surface area contributed by atoms with Crippen LogP contribution in [0.25, 0.3) is 0 Å². The van der Waals surface area contributed by atoms with E-state index < -0.39 is 10.0 Å². The minimum atomic E-state index is -3.13. The molecule has 0 unspecified atom stereocenters. The lowest BCUT2D eigenvalue weighted by Gasteiger charge is -2.31. The molecule has 0 radical (unpaired) electrons. The molecule has 6 heteroatoms. The number of nitrogens with zero attached hydrogens (tertiary/aromatic N) is 2. The third-order valence-corrected chi connectivity index (χ3v) is 6.27. The summed E-state index contributed by atoms with van der Waals surface area (Å²) in [6, 6.07) is -0.0429. The van der Waals surface area contributed by atoms with E-state index >= 15 is 0 Å². The van der Waals surface area contributed by atoms with Gasteiger partial charge < -0.3 is 0 Å². The Kier molecular flexibility index (Phi) is 5.13. The van der Waals surface area contributed by atoms with E-state index in [0.29, 0.717) is 37.6 Å². The van der Waals surface area contributed by atoms with Crippen LogP contribution < -0.4 is 0 Å². The minimum absolute atomic E-state index is 0.0429. The lowest BCUT2D eigenvalue weighted by molar-refractivity contribution is 0.312. The molecule has 0 aromatic carbocycles. The van der Waals surface area contributed by atoms with Crippen molar-refractivity contribution in [3.8, 4) is 0 Å². The number of hydrogen-bond acceptors (Lipinski definition) is 4. The first-order valence-corrected chi connectivity index (χ1v) is 8.77. The van der Waals surface area contributed by atoms with E-state index in [0.717, 1.165) is 25.7 Å². The molecule has 2 fully saturated rings. The Morgan fingerprint density at radius 3 is 2.26 bits per heavy atom. The van der Waals surface area contributed by atoms with Crippen molar-refractivity contribution in [3.63, 3.8) is 0 Å². The number of rotatable bonds is 4. The molecule has 1 saturated heterocycles. The SMILES string of the molecule is O=C=NC1CCN(S(=O)(=O)CC2CCCCC2)CC1. The van der Waals surface area contributed by atoms with Gasteiger partial charge in [0.05, 0.1) is 11.8 Å².